The Hall–Kier alpha value is -4.85. The summed E-state index contributed by atoms with van der Waals surface area (Å²) in [5.41, 5.74) is 9.23. The summed E-state index contributed by atoms with van der Waals surface area (Å²) in [6.07, 6.45) is 0. The maximum Gasteiger partial charge on any atom is 0.322 e. The van der Waals surface area contributed by atoms with Gasteiger partial charge in [-0.15, -0.1) is 0 Å². The molecule has 4 aromatic rings. The third-order valence-corrected chi connectivity index (χ3v) is 7.14. The van der Waals surface area contributed by atoms with E-state index < -0.39 is 17.5 Å². The minimum Gasteiger partial charge on any atom is -0.497 e. The Labute approximate surface area is 213 Å². The Morgan fingerprint density at radius 1 is 0.946 bits per heavy atom. The lowest BCUT2D eigenvalue weighted by Gasteiger charge is -2.31. The fourth-order valence-electron chi connectivity index (χ4n) is 5.29. The standard InChI is InChI=1S/C29H24N4O4/c1-37-22-11-8-19-15-33(26(34)25(19)14-22)16-29(27(35)31-28(36)32-29)20-9-6-17(7-10-20)24-13-21(30)12-18-4-2-3-5-23(18)24/h2-14H,15-16,30H2,1H3,(H2,31,32,35,36)/t29-/m0/s1. The highest BCUT2D eigenvalue weighted by molar-refractivity contribution is 6.08. The van der Waals surface area contributed by atoms with Crippen molar-refractivity contribution in [3.63, 3.8) is 0 Å². The van der Waals surface area contributed by atoms with E-state index >= 15 is 0 Å². The van der Waals surface area contributed by atoms with E-state index in [2.05, 4.69) is 10.6 Å². The Balaban J connectivity index is 1.37. The number of nitrogens with one attached hydrogen (secondary N) is 2. The van der Waals surface area contributed by atoms with Gasteiger partial charge in [0, 0.05) is 17.8 Å². The van der Waals surface area contributed by atoms with Crippen LogP contribution in [0, 0.1) is 0 Å². The van der Waals surface area contributed by atoms with E-state index in [1.54, 1.807) is 24.1 Å². The number of hydrogen-bond donors (Lipinski definition) is 3. The van der Waals surface area contributed by atoms with Crippen LogP contribution >= 0.6 is 0 Å². The molecule has 0 unspecified atom stereocenters. The minimum atomic E-state index is -1.42. The molecule has 2 heterocycles. The normalized spacial score (nSPS) is 18.6. The summed E-state index contributed by atoms with van der Waals surface area (Å²) < 4.78 is 5.26. The summed E-state index contributed by atoms with van der Waals surface area (Å²) in [5, 5.41) is 7.23. The molecule has 0 radical (unpaired) electrons. The molecule has 8 nitrogen and oxygen atoms in total. The highest BCUT2D eigenvalue weighted by Crippen LogP contribution is 2.35. The van der Waals surface area contributed by atoms with Crippen molar-refractivity contribution in [2.24, 2.45) is 0 Å². The zero-order valence-corrected chi connectivity index (χ0v) is 20.1. The van der Waals surface area contributed by atoms with Gasteiger partial charge in [0.1, 0.15) is 5.75 Å². The number of urea groups is 1. The predicted molar refractivity (Wildman–Crippen MR) is 140 cm³/mol. The average Bonchev–Trinajstić information content (AvgIpc) is 3.37. The lowest BCUT2D eigenvalue weighted by molar-refractivity contribution is -0.124. The molecule has 0 aromatic heterocycles. The zero-order chi connectivity index (χ0) is 25.7. The fourth-order valence-corrected chi connectivity index (χ4v) is 5.29. The van der Waals surface area contributed by atoms with Crippen molar-refractivity contribution in [3.05, 3.63) is 95.6 Å². The number of nitrogens with zero attached hydrogens (tertiary/aromatic N) is 1. The maximum absolute atomic E-state index is 13.2. The number of nitrogens with two attached hydrogens (primary N) is 1. The number of rotatable bonds is 5. The third-order valence-electron chi connectivity index (χ3n) is 7.14. The molecule has 8 heteroatoms. The van der Waals surface area contributed by atoms with Gasteiger partial charge in [-0.1, -0.05) is 54.6 Å². The lowest BCUT2D eigenvalue weighted by atomic mass is 9.87. The average molecular weight is 493 g/mol. The molecule has 184 valence electrons. The van der Waals surface area contributed by atoms with Crippen LogP contribution in [0.25, 0.3) is 21.9 Å². The van der Waals surface area contributed by atoms with Gasteiger partial charge in [-0.3, -0.25) is 14.9 Å². The van der Waals surface area contributed by atoms with Crippen molar-refractivity contribution in [1.29, 1.82) is 0 Å². The molecule has 1 fully saturated rings. The zero-order valence-electron chi connectivity index (χ0n) is 20.1. The fraction of sp³-hybridized carbons (Fsp3) is 0.138. The molecule has 0 saturated carbocycles. The molecular weight excluding hydrogens is 468 g/mol. The first kappa shape index (κ1) is 22.6. The SMILES string of the molecule is COc1ccc2c(c1)C(=O)N(C[C@@]1(c3ccc(-c4cc(N)cc5ccccc45)cc3)NC(=O)NC1=O)C2. The molecule has 0 spiro atoms. The summed E-state index contributed by atoms with van der Waals surface area (Å²) in [7, 11) is 1.54. The molecule has 4 N–H and O–H groups in total. The lowest BCUT2D eigenvalue weighted by Crippen LogP contribution is -2.52. The Morgan fingerprint density at radius 3 is 2.46 bits per heavy atom. The van der Waals surface area contributed by atoms with E-state index in [9.17, 15) is 14.4 Å². The van der Waals surface area contributed by atoms with Crippen molar-refractivity contribution in [2.45, 2.75) is 12.1 Å². The molecule has 2 aliphatic rings. The van der Waals surface area contributed by atoms with E-state index in [1.165, 1.54) is 0 Å². The number of methoxy groups -OCH3 is 1. The van der Waals surface area contributed by atoms with Crippen LogP contribution in [0.5, 0.6) is 5.75 Å². The Morgan fingerprint density at radius 2 is 1.73 bits per heavy atom. The van der Waals surface area contributed by atoms with Crippen molar-refractivity contribution in [3.8, 4) is 16.9 Å². The van der Waals surface area contributed by atoms with Gasteiger partial charge in [-0.05, 0) is 57.3 Å². The first-order valence-corrected chi connectivity index (χ1v) is 11.9. The first-order valence-electron chi connectivity index (χ1n) is 11.9. The topological polar surface area (TPSA) is 114 Å². The van der Waals surface area contributed by atoms with Crippen molar-refractivity contribution < 1.29 is 19.1 Å². The Kier molecular flexibility index (Phi) is 5.12. The molecule has 37 heavy (non-hydrogen) atoms. The van der Waals surface area contributed by atoms with Crippen LogP contribution in [0.15, 0.2) is 78.9 Å². The van der Waals surface area contributed by atoms with E-state index in [4.69, 9.17) is 10.5 Å². The van der Waals surface area contributed by atoms with Crippen molar-refractivity contribution in [2.75, 3.05) is 19.4 Å². The number of hydrogen-bond acceptors (Lipinski definition) is 5. The maximum atomic E-state index is 13.2. The number of carbonyl (C=O) groups excluding carboxylic acids is 3. The van der Waals surface area contributed by atoms with Crippen molar-refractivity contribution in [1.82, 2.24) is 15.5 Å². The highest BCUT2D eigenvalue weighted by Gasteiger charge is 2.50. The highest BCUT2D eigenvalue weighted by atomic mass is 16.5. The molecule has 4 amide bonds. The summed E-state index contributed by atoms with van der Waals surface area (Å²) in [5.74, 6) is -0.133. The van der Waals surface area contributed by atoms with E-state index in [0.717, 1.165) is 27.5 Å². The second-order valence-electron chi connectivity index (χ2n) is 9.36. The van der Waals surface area contributed by atoms with Crippen LogP contribution in [0.4, 0.5) is 10.5 Å². The van der Waals surface area contributed by atoms with E-state index in [-0.39, 0.29) is 12.5 Å². The number of nitrogen functional groups attached to an aromatic ring is 1. The largest absolute Gasteiger partial charge is 0.497 e. The second kappa shape index (κ2) is 8.37. The van der Waals surface area contributed by atoms with Crippen LogP contribution in [0.2, 0.25) is 0 Å². The van der Waals surface area contributed by atoms with Gasteiger partial charge in [-0.25, -0.2) is 4.79 Å². The van der Waals surface area contributed by atoms with Crippen LogP contribution in [0.3, 0.4) is 0 Å². The predicted octanol–water partition coefficient (Wildman–Crippen LogP) is 3.79. The van der Waals surface area contributed by atoms with Crippen LogP contribution in [-0.2, 0) is 16.9 Å². The van der Waals surface area contributed by atoms with E-state index in [1.807, 2.05) is 66.7 Å². The van der Waals surface area contributed by atoms with Crippen LogP contribution in [0.1, 0.15) is 21.5 Å². The van der Waals surface area contributed by atoms with Gasteiger partial charge >= 0.3 is 6.03 Å². The Bertz CT molecular complexity index is 1600. The van der Waals surface area contributed by atoms with Gasteiger partial charge in [0.05, 0.1) is 13.7 Å². The molecule has 6 rings (SSSR count). The number of amides is 4. The van der Waals surface area contributed by atoms with Gasteiger partial charge in [0.15, 0.2) is 5.54 Å². The van der Waals surface area contributed by atoms with Gasteiger partial charge in [0.2, 0.25) is 0 Å². The third kappa shape index (κ3) is 3.65. The molecule has 1 atom stereocenters. The molecular formula is C29H24N4O4. The minimum absolute atomic E-state index is 0.0129. The number of carbonyl (C=O) groups is 3. The molecule has 1 saturated heterocycles. The second-order valence-corrected chi connectivity index (χ2v) is 9.36. The first-order chi connectivity index (χ1) is 17.9. The summed E-state index contributed by atoms with van der Waals surface area (Å²) in [4.78, 5) is 40.3. The smallest absolute Gasteiger partial charge is 0.322 e. The number of imide groups is 1. The molecule has 0 aliphatic carbocycles. The number of anilines is 1. The summed E-state index contributed by atoms with van der Waals surface area (Å²) in [6, 6.07) is 24.0. The summed E-state index contributed by atoms with van der Waals surface area (Å²) in [6.45, 7) is 0.317. The molecule has 2 aliphatic heterocycles. The van der Waals surface area contributed by atoms with Gasteiger partial charge in [-0.2, -0.15) is 0 Å². The quantitative estimate of drug-likeness (QED) is 0.290. The number of benzene rings is 4. The van der Waals surface area contributed by atoms with Crippen molar-refractivity contribution >= 4 is 34.3 Å². The monoisotopic (exact) mass is 492 g/mol. The van der Waals surface area contributed by atoms with Gasteiger partial charge in [0.25, 0.3) is 11.8 Å². The van der Waals surface area contributed by atoms with Gasteiger partial charge < -0.3 is 20.7 Å². The molecule has 0 bridgehead atoms. The van der Waals surface area contributed by atoms with Crippen LogP contribution in [-0.4, -0.2) is 36.4 Å². The summed E-state index contributed by atoms with van der Waals surface area (Å²) >= 11 is 0. The number of fused-ring (bicyclic) bond motifs is 2. The molecule has 4 aromatic carbocycles. The van der Waals surface area contributed by atoms with E-state index in [0.29, 0.717) is 29.1 Å². The van der Waals surface area contributed by atoms with Crippen LogP contribution < -0.4 is 21.1 Å². The number of ether oxygens (including phenoxy) is 1.